The van der Waals surface area contributed by atoms with Crippen molar-refractivity contribution in [3.8, 4) is 11.6 Å². The quantitative estimate of drug-likeness (QED) is 0.671. The fraction of sp³-hybridized carbons (Fsp3) is 0.333. The van der Waals surface area contributed by atoms with Crippen molar-refractivity contribution < 1.29 is 9.47 Å². The Kier molecular flexibility index (Phi) is 5.83. The van der Waals surface area contributed by atoms with Crippen LogP contribution in [0.1, 0.15) is 26.3 Å². The van der Waals surface area contributed by atoms with Gasteiger partial charge < -0.3 is 9.47 Å². The molecular weight excluding hydrogens is 388 g/mol. The zero-order valence-corrected chi connectivity index (χ0v) is 16.9. The third-order valence-electron chi connectivity index (χ3n) is 3.49. The molecule has 0 radical (unpaired) electrons. The Hall–Kier alpha value is -1.66. The minimum absolute atomic E-state index is 0.0000754. The molecule has 1 aromatic heterocycles. The molecule has 0 fully saturated rings. The molecule has 0 aliphatic rings. The standard InChI is InChI=1S/C18H21BrN2O2S/c1-18(2,3)13-11-12(9-10-14(13)19)23-17(24)21(4)15-7-6-8-16(20-15)22-5/h6-11H,1-5H3. The van der Waals surface area contributed by atoms with E-state index in [1.165, 1.54) is 0 Å². The van der Waals surface area contributed by atoms with E-state index in [0.29, 0.717) is 22.6 Å². The first-order valence-electron chi connectivity index (χ1n) is 7.49. The lowest BCUT2D eigenvalue weighted by molar-refractivity contribution is 0.398. The molecule has 2 aromatic rings. The second-order valence-corrected chi connectivity index (χ2v) is 7.56. The highest BCUT2D eigenvalue weighted by molar-refractivity contribution is 9.10. The van der Waals surface area contributed by atoms with E-state index in [1.54, 1.807) is 18.1 Å². The normalized spacial score (nSPS) is 11.1. The summed E-state index contributed by atoms with van der Waals surface area (Å²) in [5.41, 5.74) is 1.16. The number of methoxy groups -OCH3 is 1. The predicted molar refractivity (Wildman–Crippen MR) is 105 cm³/mol. The Labute approximate surface area is 156 Å². The fourth-order valence-corrected chi connectivity index (χ4v) is 3.14. The van der Waals surface area contributed by atoms with Crippen molar-refractivity contribution in [2.45, 2.75) is 26.2 Å². The Balaban J connectivity index is 2.20. The van der Waals surface area contributed by atoms with Crippen LogP contribution in [0.2, 0.25) is 0 Å². The molecule has 0 spiro atoms. The van der Waals surface area contributed by atoms with E-state index in [1.807, 2.05) is 37.4 Å². The van der Waals surface area contributed by atoms with Crippen LogP contribution in [0.4, 0.5) is 5.82 Å². The van der Waals surface area contributed by atoms with Gasteiger partial charge in [-0.05, 0) is 47.5 Å². The summed E-state index contributed by atoms with van der Waals surface area (Å²) in [6, 6.07) is 11.4. The van der Waals surface area contributed by atoms with Gasteiger partial charge in [0.2, 0.25) is 5.88 Å². The van der Waals surface area contributed by atoms with Gasteiger partial charge in [0.1, 0.15) is 11.6 Å². The van der Waals surface area contributed by atoms with Crippen LogP contribution < -0.4 is 14.4 Å². The molecule has 1 heterocycles. The number of aromatic nitrogens is 1. The number of nitrogens with zero attached hydrogens (tertiary/aromatic N) is 2. The molecule has 4 nitrogen and oxygen atoms in total. The number of hydrogen-bond acceptors (Lipinski definition) is 4. The average Bonchev–Trinajstić information content (AvgIpc) is 2.54. The van der Waals surface area contributed by atoms with E-state index in [-0.39, 0.29) is 5.41 Å². The van der Waals surface area contributed by atoms with Crippen molar-refractivity contribution in [1.29, 1.82) is 0 Å². The third kappa shape index (κ3) is 4.45. The van der Waals surface area contributed by atoms with Crippen LogP contribution in [0.5, 0.6) is 11.6 Å². The monoisotopic (exact) mass is 408 g/mol. The zero-order chi connectivity index (χ0) is 17.9. The van der Waals surface area contributed by atoms with Crippen molar-refractivity contribution in [3.05, 3.63) is 46.4 Å². The first kappa shape index (κ1) is 18.7. The summed E-state index contributed by atoms with van der Waals surface area (Å²) in [5.74, 6) is 1.89. The maximum atomic E-state index is 5.85. The SMILES string of the molecule is COc1cccc(N(C)C(=S)Oc2ccc(Br)c(C(C)(C)C)c2)n1. The molecule has 0 atom stereocenters. The van der Waals surface area contributed by atoms with E-state index >= 15 is 0 Å². The van der Waals surface area contributed by atoms with E-state index in [2.05, 4.69) is 41.7 Å². The molecule has 6 heteroatoms. The van der Waals surface area contributed by atoms with Gasteiger partial charge in [0.25, 0.3) is 5.17 Å². The van der Waals surface area contributed by atoms with Gasteiger partial charge in [0.15, 0.2) is 0 Å². The molecule has 0 amide bonds. The van der Waals surface area contributed by atoms with Crippen LogP contribution in [-0.4, -0.2) is 24.3 Å². The van der Waals surface area contributed by atoms with Gasteiger partial charge in [0, 0.05) is 17.6 Å². The fourth-order valence-electron chi connectivity index (χ4n) is 2.11. The number of rotatable bonds is 3. The van der Waals surface area contributed by atoms with Crippen molar-refractivity contribution in [3.63, 3.8) is 0 Å². The Bertz CT molecular complexity index is 744. The van der Waals surface area contributed by atoms with Crippen LogP contribution in [0.15, 0.2) is 40.9 Å². The third-order valence-corrected chi connectivity index (χ3v) is 4.54. The molecule has 1 aromatic carbocycles. The van der Waals surface area contributed by atoms with E-state index in [9.17, 15) is 0 Å². The second-order valence-electron chi connectivity index (χ2n) is 6.36. The largest absolute Gasteiger partial charge is 0.481 e. The van der Waals surface area contributed by atoms with Crippen LogP contribution >= 0.6 is 28.1 Å². The van der Waals surface area contributed by atoms with Crippen molar-refractivity contribution in [2.24, 2.45) is 0 Å². The number of anilines is 1. The van der Waals surface area contributed by atoms with Crippen LogP contribution in [0.25, 0.3) is 0 Å². The maximum Gasteiger partial charge on any atom is 0.270 e. The summed E-state index contributed by atoms with van der Waals surface area (Å²) in [5, 5.41) is 0.318. The predicted octanol–water partition coefficient (Wildman–Crippen LogP) is 4.95. The Morgan fingerprint density at radius 1 is 1.21 bits per heavy atom. The summed E-state index contributed by atoms with van der Waals surface area (Å²) in [7, 11) is 3.39. The Morgan fingerprint density at radius 3 is 2.54 bits per heavy atom. The molecule has 0 saturated heterocycles. The first-order valence-corrected chi connectivity index (χ1v) is 8.69. The van der Waals surface area contributed by atoms with Gasteiger partial charge in [-0.1, -0.05) is 42.8 Å². The molecule has 0 aliphatic heterocycles. The number of pyridine rings is 1. The number of thiocarbonyl (C=S) groups is 1. The summed E-state index contributed by atoms with van der Waals surface area (Å²) in [6.45, 7) is 6.46. The smallest absolute Gasteiger partial charge is 0.270 e. The minimum atomic E-state index is 0.0000754. The number of benzene rings is 1. The lowest BCUT2D eigenvalue weighted by atomic mass is 9.87. The van der Waals surface area contributed by atoms with Crippen LogP contribution in [-0.2, 0) is 5.41 Å². The van der Waals surface area contributed by atoms with Gasteiger partial charge in [-0.25, -0.2) is 0 Å². The molecule has 0 bridgehead atoms. The highest BCUT2D eigenvalue weighted by Gasteiger charge is 2.19. The van der Waals surface area contributed by atoms with Gasteiger partial charge >= 0.3 is 0 Å². The van der Waals surface area contributed by atoms with E-state index in [0.717, 1.165) is 10.0 Å². The molecule has 0 unspecified atom stereocenters. The van der Waals surface area contributed by atoms with E-state index in [4.69, 9.17) is 21.7 Å². The minimum Gasteiger partial charge on any atom is -0.481 e. The van der Waals surface area contributed by atoms with Crippen molar-refractivity contribution in [1.82, 2.24) is 4.98 Å². The Morgan fingerprint density at radius 2 is 1.92 bits per heavy atom. The number of hydrogen-bond donors (Lipinski definition) is 0. The molecule has 0 saturated carbocycles. The first-order chi connectivity index (χ1) is 11.2. The molecular formula is C18H21BrN2O2S. The summed E-state index contributed by atoms with van der Waals surface area (Å²) in [4.78, 5) is 6.06. The summed E-state index contributed by atoms with van der Waals surface area (Å²) < 4.78 is 12.0. The van der Waals surface area contributed by atoms with Crippen LogP contribution in [0, 0.1) is 0 Å². The van der Waals surface area contributed by atoms with Gasteiger partial charge in [0.05, 0.1) is 7.11 Å². The van der Waals surface area contributed by atoms with Gasteiger partial charge in [-0.2, -0.15) is 4.98 Å². The highest BCUT2D eigenvalue weighted by atomic mass is 79.9. The lowest BCUT2D eigenvalue weighted by Gasteiger charge is -2.23. The summed E-state index contributed by atoms with van der Waals surface area (Å²) >= 11 is 8.99. The van der Waals surface area contributed by atoms with Gasteiger partial charge in [-0.3, -0.25) is 4.90 Å². The van der Waals surface area contributed by atoms with Crippen LogP contribution in [0.3, 0.4) is 0 Å². The van der Waals surface area contributed by atoms with E-state index < -0.39 is 0 Å². The highest BCUT2D eigenvalue weighted by Crippen LogP contribution is 2.33. The maximum absolute atomic E-state index is 5.85. The molecule has 0 N–H and O–H groups in total. The molecule has 0 aliphatic carbocycles. The summed E-state index contributed by atoms with van der Waals surface area (Å²) in [6.07, 6.45) is 0. The molecule has 2 rings (SSSR count). The topological polar surface area (TPSA) is 34.6 Å². The average molecular weight is 409 g/mol. The second kappa shape index (κ2) is 7.49. The van der Waals surface area contributed by atoms with Gasteiger partial charge in [-0.15, -0.1) is 0 Å². The van der Waals surface area contributed by atoms with Crippen molar-refractivity contribution in [2.75, 3.05) is 19.1 Å². The number of ether oxygens (including phenoxy) is 2. The van der Waals surface area contributed by atoms with Crippen molar-refractivity contribution >= 4 is 39.1 Å². The molecule has 128 valence electrons. The number of halogens is 1. The zero-order valence-electron chi connectivity index (χ0n) is 14.5. The molecule has 24 heavy (non-hydrogen) atoms. The lowest BCUT2D eigenvalue weighted by Crippen LogP contribution is -2.30.